The highest BCUT2D eigenvalue weighted by Crippen LogP contribution is 2.34. The summed E-state index contributed by atoms with van der Waals surface area (Å²) in [5.74, 6) is -0.748. The molecule has 10 nitrogen and oxygen atoms in total. The molecule has 2 aromatic heterocycles. The fraction of sp³-hybridized carbons (Fsp3) is 0.111. The van der Waals surface area contributed by atoms with E-state index in [4.69, 9.17) is 0 Å². The molecule has 1 N–H and O–H groups in total. The number of thiazole rings is 1. The molecule has 0 saturated carbocycles. The summed E-state index contributed by atoms with van der Waals surface area (Å²) >= 11 is 1.03. The van der Waals surface area contributed by atoms with Crippen molar-refractivity contribution in [2.24, 2.45) is 0 Å². The van der Waals surface area contributed by atoms with E-state index >= 15 is 0 Å². The zero-order chi connectivity index (χ0) is 21.0. The van der Waals surface area contributed by atoms with Crippen LogP contribution in [0.15, 0.2) is 29.1 Å². The van der Waals surface area contributed by atoms with E-state index in [0.717, 1.165) is 28.5 Å². The van der Waals surface area contributed by atoms with Gasteiger partial charge in [0.2, 0.25) is 5.75 Å². The average Bonchev–Trinajstić information content (AvgIpc) is 3.13. The summed E-state index contributed by atoms with van der Waals surface area (Å²) < 4.78 is 1.56. The number of fused-ring (bicyclic) bond motifs is 3. The lowest BCUT2D eigenvalue weighted by atomic mass is 10.1. The Bertz CT molecular complexity index is 1470. The van der Waals surface area contributed by atoms with Crippen LogP contribution in [0.1, 0.15) is 16.7 Å². The highest BCUT2D eigenvalue weighted by molar-refractivity contribution is 7.15. The summed E-state index contributed by atoms with van der Waals surface area (Å²) in [6.07, 6.45) is 1.20. The summed E-state index contributed by atoms with van der Waals surface area (Å²) in [6.45, 7) is 3.79. The number of benzene rings is 2. The van der Waals surface area contributed by atoms with Crippen LogP contribution >= 0.6 is 11.3 Å². The molecule has 0 fully saturated rings. The van der Waals surface area contributed by atoms with Gasteiger partial charge in [-0.1, -0.05) is 17.4 Å². The van der Waals surface area contributed by atoms with Gasteiger partial charge in [-0.3, -0.25) is 25.0 Å². The fourth-order valence-corrected chi connectivity index (χ4v) is 4.20. The molecule has 0 atom stereocenters. The number of aromatic nitrogens is 2. The minimum Gasteiger partial charge on any atom is -0.502 e. The third-order valence-electron chi connectivity index (χ3n) is 4.48. The minimum absolute atomic E-state index is 0.138. The molecule has 0 unspecified atom stereocenters. The van der Waals surface area contributed by atoms with Gasteiger partial charge >= 0.3 is 5.69 Å². The maximum absolute atomic E-state index is 12.9. The SMILES string of the molecule is Cc1cc(C)c2nc3sc(=Cc4cc([N+](=O)[O-])cc([N+](=O)[O-])c4O)c(=O)n3c2c1. The Morgan fingerprint density at radius 1 is 1.14 bits per heavy atom. The number of hydrogen-bond acceptors (Lipinski definition) is 8. The van der Waals surface area contributed by atoms with Crippen LogP contribution in [0.4, 0.5) is 11.4 Å². The Balaban J connectivity index is 2.03. The van der Waals surface area contributed by atoms with Crippen LogP contribution in [-0.4, -0.2) is 24.3 Å². The van der Waals surface area contributed by atoms with E-state index in [9.17, 15) is 30.1 Å². The third kappa shape index (κ3) is 2.88. The first-order chi connectivity index (χ1) is 13.7. The van der Waals surface area contributed by atoms with Crippen molar-refractivity contribution in [2.45, 2.75) is 13.8 Å². The lowest BCUT2D eigenvalue weighted by Gasteiger charge is -2.00. The molecule has 29 heavy (non-hydrogen) atoms. The number of non-ortho nitro benzene ring substituents is 1. The topological polar surface area (TPSA) is 141 Å². The summed E-state index contributed by atoms with van der Waals surface area (Å²) in [6, 6.07) is 5.44. The molecular weight excluding hydrogens is 400 g/mol. The standard InChI is InChI=1S/C18H12N4O6S/c1-8-3-9(2)15-12(4-8)20-17(24)14(29-18(20)19-15)6-10-5-11(21(25)26)7-13(16(10)23)22(27)28/h3-7,23H,1-2H3. The number of imidazole rings is 1. The number of rotatable bonds is 3. The largest absolute Gasteiger partial charge is 0.502 e. The molecule has 146 valence electrons. The van der Waals surface area contributed by atoms with E-state index in [0.29, 0.717) is 22.1 Å². The van der Waals surface area contributed by atoms with Crippen molar-refractivity contribution in [3.8, 4) is 5.75 Å². The monoisotopic (exact) mass is 412 g/mol. The second-order valence-corrected chi connectivity index (χ2v) is 7.52. The molecule has 0 aliphatic heterocycles. The number of phenolic OH excluding ortho intramolecular Hbond substituents is 1. The van der Waals surface area contributed by atoms with Gasteiger partial charge in [-0.2, -0.15) is 0 Å². The Morgan fingerprint density at radius 3 is 2.52 bits per heavy atom. The summed E-state index contributed by atoms with van der Waals surface area (Å²) in [5.41, 5.74) is 1.22. The van der Waals surface area contributed by atoms with Crippen molar-refractivity contribution in [2.75, 3.05) is 0 Å². The molecule has 2 aromatic carbocycles. The molecule has 4 rings (SSSR count). The number of nitrogens with zero attached hydrogens (tertiary/aromatic N) is 4. The van der Waals surface area contributed by atoms with Gasteiger partial charge in [0.25, 0.3) is 11.2 Å². The highest BCUT2D eigenvalue weighted by Gasteiger charge is 2.23. The molecule has 0 aliphatic rings. The Morgan fingerprint density at radius 2 is 1.86 bits per heavy atom. The molecule has 4 aromatic rings. The van der Waals surface area contributed by atoms with Gasteiger partial charge in [-0.05, 0) is 37.1 Å². The van der Waals surface area contributed by atoms with Crippen LogP contribution in [0.5, 0.6) is 5.75 Å². The van der Waals surface area contributed by atoms with E-state index < -0.39 is 32.5 Å². The number of aromatic hydroxyl groups is 1. The molecule has 0 aliphatic carbocycles. The second-order valence-electron chi connectivity index (χ2n) is 6.51. The number of phenols is 1. The average molecular weight is 412 g/mol. The van der Waals surface area contributed by atoms with Gasteiger partial charge in [0.1, 0.15) is 0 Å². The zero-order valence-electron chi connectivity index (χ0n) is 15.1. The first-order valence-corrected chi connectivity index (χ1v) is 9.08. The normalized spacial score (nSPS) is 12.1. The maximum Gasteiger partial charge on any atom is 0.318 e. The number of nitro benzene ring substituents is 2. The van der Waals surface area contributed by atoms with Gasteiger partial charge in [0.05, 0.1) is 31.5 Å². The van der Waals surface area contributed by atoms with Gasteiger partial charge in [-0.15, -0.1) is 0 Å². The number of hydrogen-bond donors (Lipinski definition) is 1. The van der Waals surface area contributed by atoms with E-state index in [1.54, 1.807) is 0 Å². The smallest absolute Gasteiger partial charge is 0.318 e. The van der Waals surface area contributed by atoms with Gasteiger partial charge in [0.15, 0.2) is 4.96 Å². The fourth-order valence-electron chi connectivity index (χ4n) is 3.23. The molecule has 0 amide bonds. The summed E-state index contributed by atoms with van der Waals surface area (Å²) in [5, 5.41) is 32.4. The molecule has 0 saturated heterocycles. The van der Waals surface area contributed by atoms with Crippen LogP contribution in [0, 0.1) is 34.1 Å². The van der Waals surface area contributed by atoms with Crippen molar-refractivity contribution < 1.29 is 15.0 Å². The van der Waals surface area contributed by atoms with Gasteiger partial charge in [-0.25, -0.2) is 9.38 Å². The molecule has 0 bridgehead atoms. The van der Waals surface area contributed by atoms with E-state index in [1.807, 2.05) is 26.0 Å². The van der Waals surface area contributed by atoms with Crippen molar-refractivity contribution in [3.05, 3.63) is 76.1 Å². The van der Waals surface area contributed by atoms with Crippen molar-refractivity contribution in [1.82, 2.24) is 9.38 Å². The summed E-state index contributed by atoms with van der Waals surface area (Å²) in [7, 11) is 0. The van der Waals surface area contributed by atoms with Crippen LogP contribution < -0.4 is 10.1 Å². The Kier molecular flexibility index (Phi) is 4.05. The lowest BCUT2D eigenvalue weighted by Crippen LogP contribution is -2.22. The van der Waals surface area contributed by atoms with Crippen molar-refractivity contribution in [1.29, 1.82) is 0 Å². The molecule has 11 heteroatoms. The van der Waals surface area contributed by atoms with Crippen LogP contribution in [-0.2, 0) is 0 Å². The van der Waals surface area contributed by atoms with Crippen LogP contribution in [0.2, 0.25) is 0 Å². The molecule has 0 spiro atoms. The van der Waals surface area contributed by atoms with E-state index in [2.05, 4.69) is 4.98 Å². The van der Waals surface area contributed by atoms with Gasteiger partial charge in [0, 0.05) is 11.6 Å². The Labute approximate surface area is 165 Å². The molecule has 2 heterocycles. The number of nitro groups is 2. The maximum atomic E-state index is 12.9. The first kappa shape index (κ1) is 18.5. The van der Waals surface area contributed by atoms with E-state index in [1.165, 1.54) is 10.5 Å². The first-order valence-electron chi connectivity index (χ1n) is 8.27. The van der Waals surface area contributed by atoms with Gasteiger partial charge < -0.3 is 5.11 Å². The van der Waals surface area contributed by atoms with E-state index in [-0.39, 0.29) is 10.1 Å². The molecule has 0 radical (unpaired) electrons. The minimum atomic E-state index is -0.919. The predicted molar refractivity (Wildman–Crippen MR) is 107 cm³/mol. The summed E-state index contributed by atoms with van der Waals surface area (Å²) in [4.78, 5) is 38.3. The van der Waals surface area contributed by atoms with Crippen molar-refractivity contribution in [3.63, 3.8) is 0 Å². The number of aryl methyl sites for hydroxylation is 2. The van der Waals surface area contributed by atoms with Crippen molar-refractivity contribution >= 4 is 44.8 Å². The van der Waals surface area contributed by atoms with Crippen LogP contribution in [0.25, 0.3) is 22.1 Å². The lowest BCUT2D eigenvalue weighted by molar-refractivity contribution is -0.394. The molecular formula is C18H12N4O6S. The third-order valence-corrected chi connectivity index (χ3v) is 5.45. The Hall–Kier alpha value is -3.86. The van der Waals surface area contributed by atoms with Crippen LogP contribution in [0.3, 0.4) is 0 Å². The zero-order valence-corrected chi connectivity index (χ0v) is 15.9. The highest BCUT2D eigenvalue weighted by atomic mass is 32.1. The second kappa shape index (κ2) is 6.34. The predicted octanol–water partition coefficient (Wildman–Crippen LogP) is 2.60. The quantitative estimate of drug-likeness (QED) is 0.403.